The Hall–Kier alpha value is -2.73. The highest BCUT2D eigenvalue weighted by Crippen LogP contribution is 2.36. The molecule has 4 aromatic rings. The van der Waals surface area contributed by atoms with Crippen LogP contribution in [-0.2, 0) is 0 Å². The number of fused-ring (bicyclic) bond motifs is 1. The number of aromatic amines is 1. The fraction of sp³-hybridized carbons (Fsp3) is 0.250. The average Bonchev–Trinajstić information content (AvgIpc) is 3.18. The lowest BCUT2D eigenvalue weighted by Gasteiger charge is -2.34. The maximum Gasteiger partial charge on any atom is 0.132 e. The van der Waals surface area contributed by atoms with Crippen LogP contribution >= 0.6 is 12.4 Å². The Morgan fingerprint density at radius 1 is 0.933 bits per heavy atom. The Kier molecular flexibility index (Phi) is 6.87. The third-order valence-corrected chi connectivity index (χ3v) is 5.73. The van der Waals surface area contributed by atoms with Gasteiger partial charge in [0.05, 0.1) is 17.2 Å². The molecule has 30 heavy (non-hydrogen) atoms. The van der Waals surface area contributed by atoms with Crippen LogP contribution in [0, 0.1) is 0 Å². The van der Waals surface area contributed by atoms with E-state index in [1.165, 1.54) is 11.1 Å². The zero-order valence-corrected chi connectivity index (χ0v) is 17.7. The van der Waals surface area contributed by atoms with Gasteiger partial charge in [0.25, 0.3) is 0 Å². The summed E-state index contributed by atoms with van der Waals surface area (Å²) in [5.74, 6) is 1.31. The number of hydrogen-bond donors (Lipinski definition) is 2. The number of rotatable bonds is 3. The lowest BCUT2D eigenvalue weighted by atomic mass is 9.85. The molecule has 5 rings (SSSR count). The number of halogens is 1. The fourth-order valence-corrected chi connectivity index (χ4v) is 4.37. The van der Waals surface area contributed by atoms with Crippen molar-refractivity contribution in [3.05, 3.63) is 84.4 Å². The second-order valence-corrected chi connectivity index (χ2v) is 7.76. The van der Waals surface area contributed by atoms with E-state index >= 15 is 0 Å². The average molecular weight is 423 g/mol. The van der Waals surface area contributed by atoms with Crippen LogP contribution in [0.3, 0.4) is 0 Å². The first-order chi connectivity index (χ1) is 13.8. The minimum absolute atomic E-state index is 0. The maximum atomic E-state index is 5.03. The first-order valence-corrected chi connectivity index (χ1v) is 9.98. The second kappa shape index (κ2) is 9.39. The molecule has 0 spiro atoms. The van der Waals surface area contributed by atoms with Crippen molar-refractivity contribution in [2.75, 3.05) is 0 Å². The van der Waals surface area contributed by atoms with Crippen molar-refractivity contribution in [1.29, 1.82) is 0 Å². The summed E-state index contributed by atoms with van der Waals surface area (Å²) in [6.45, 7) is 2.26. The molecule has 6 heteroatoms. The predicted octanol–water partition coefficient (Wildman–Crippen LogP) is 4.82. The molecule has 1 fully saturated rings. The Bertz CT molecular complexity index is 1080. The number of nitrogens with one attached hydrogen (secondary N) is 2. The number of benzene rings is 2. The number of H-pyrrole nitrogens is 1. The molecule has 1 aliphatic rings. The van der Waals surface area contributed by atoms with Gasteiger partial charge in [-0.05, 0) is 30.9 Å². The smallest absolute Gasteiger partial charge is 0.132 e. The monoisotopic (exact) mass is 422 g/mol. The van der Waals surface area contributed by atoms with Crippen LogP contribution in [0.5, 0.6) is 0 Å². The van der Waals surface area contributed by atoms with Crippen molar-refractivity contribution < 1.29 is 5.48 Å². The van der Waals surface area contributed by atoms with E-state index in [-0.39, 0.29) is 17.9 Å². The molecule has 0 amide bonds. The second-order valence-electron chi connectivity index (χ2n) is 7.76. The summed E-state index contributed by atoms with van der Waals surface area (Å²) in [6.07, 6.45) is 6.05. The third kappa shape index (κ3) is 4.24. The molecule has 1 saturated heterocycles. The van der Waals surface area contributed by atoms with Crippen molar-refractivity contribution in [3.8, 4) is 11.1 Å². The van der Waals surface area contributed by atoms with E-state index in [2.05, 4.69) is 71.8 Å². The van der Waals surface area contributed by atoms with E-state index in [1.807, 2.05) is 18.5 Å². The predicted molar refractivity (Wildman–Crippen MR) is 124 cm³/mol. The van der Waals surface area contributed by atoms with Gasteiger partial charge >= 0.3 is 0 Å². The van der Waals surface area contributed by atoms with Gasteiger partial charge in [-0.3, -0.25) is 0 Å². The van der Waals surface area contributed by atoms with Gasteiger partial charge < -0.3 is 15.8 Å². The zero-order chi connectivity index (χ0) is 18.9. The molecule has 2 aromatic heterocycles. The number of aromatic nitrogens is 3. The zero-order valence-electron chi connectivity index (χ0n) is 16.9. The molecule has 0 radical (unpaired) electrons. The van der Waals surface area contributed by atoms with Crippen molar-refractivity contribution in [2.45, 2.75) is 37.8 Å². The standard InChI is InChI=1S/C24H24N4.ClH.H2O/c1-16-12-19(13-21(27-16)18-10-6-3-7-11-18)24-26-15-22-23(28-24)20(14-25-22)17-8-4-2-5-9-17;;/h2-11,14-16,19,21,25,27H,12-13H2,1H3;1H;1H2. The first kappa shape index (κ1) is 22.0. The third-order valence-electron chi connectivity index (χ3n) is 5.73. The van der Waals surface area contributed by atoms with E-state index < -0.39 is 0 Å². The van der Waals surface area contributed by atoms with E-state index in [9.17, 15) is 0 Å². The van der Waals surface area contributed by atoms with E-state index in [0.717, 1.165) is 35.3 Å². The molecule has 3 unspecified atom stereocenters. The number of hydrogen-bond acceptors (Lipinski definition) is 3. The highest BCUT2D eigenvalue weighted by Gasteiger charge is 2.29. The van der Waals surface area contributed by atoms with Gasteiger partial charge in [-0.15, -0.1) is 12.4 Å². The van der Waals surface area contributed by atoms with Gasteiger partial charge in [-0.2, -0.15) is 0 Å². The van der Waals surface area contributed by atoms with Crippen LogP contribution in [0.25, 0.3) is 22.2 Å². The van der Waals surface area contributed by atoms with Crippen molar-refractivity contribution in [1.82, 2.24) is 20.3 Å². The van der Waals surface area contributed by atoms with Gasteiger partial charge in [0.15, 0.2) is 0 Å². The molecule has 3 heterocycles. The molecule has 0 bridgehead atoms. The molecule has 2 aromatic carbocycles. The molecular formula is C24H27ClN4O. The summed E-state index contributed by atoms with van der Waals surface area (Å²) in [4.78, 5) is 13.1. The Morgan fingerprint density at radius 3 is 2.37 bits per heavy atom. The quantitative estimate of drug-likeness (QED) is 0.496. The highest BCUT2D eigenvalue weighted by atomic mass is 35.5. The largest absolute Gasteiger partial charge is 0.412 e. The van der Waals surface area contributed by atoms with Crippen LogP contribution in [-0.4, -0.2) is 26.5 Å². The summed E-state index contributed by atoms with van der Waals surface area (Å²) in [5.41, 5.74) is 5.66. The summed E-state index contributed by atoms with van der Waals surface area (Å²) in [7, 11) is 0. The van der Waals surface area contributed by atoms with Crippen LogP contribution in [0.1, 0.15) is 43.1 Å². The fourth-order valence-electron chi connectivity index (χ4n) is 4.37. The van der Waals surface area contributed by atoms with Gasteiger partial charge in [0, 0.05) is 29.8 Å². The molecule has 156 valence electrons. The number of piperidine rings is 1. The lowest BCUT2D eigenvalue weighted by molar-refractivity contribution is 0.300. The SMILES string of the molecule is CC1CC(c2ncc3[nH]cc(-c4ccccc4)c3n2)CC(c2ccccc2)N1.Cl.O. The molecule has 3 atom stereocenters. The van der Waals surface area contributed by atoms with Crippen LogP contribution in [0.15, 0.2) is 73.1 Å². The van der Waals surface area contributed by atoms with E-state index in [0.29, 0.717) is 18.0 Å². The van der Waals surface area contributed by atoms with Crippen molar-refractivity contribution in [3.63, 3.8) is 0 Å². The Labute approximate surface area is 182 Å². The summed E-state index contributed by atoms with van der Waals surface area (Å²) >= 11 is 0. The first-order valence-electron chi connectivity index (χ1n) is 9.98. The van der Waals surface area contributed by atoms with Crippen LogP contribution in [0.4, 0.5) is 0 Å². The summed E-state index contributed by atoms with van der Waals surface area (Å²) in [6, 6.07) is 21.9. The highest BCUT2D eigenvalue weighted by molar-refractivity contribution is 5.91. The van der Waals surface area contributed by atoms with E-state index in [1.54, 1.807) is 0 Å². The topological polar surface area (TPSA) is 85.1 Å². The maximum absolute atomic E-state index is 5.03. The van der Waals surface area contributed by atoms with Gasteiger partial charge in [-0.25, -0.2) is 9.97 Å². The molecule has 1 aliphatic heterocycles. The minimum Gasteiger partial charge on any atom is -0.412 e. The molecule has 0 saturated carbocycles. The molecule has 0 aliphatic carbocycles. The normalized spacial score (nSPS) is 20.9. The lowest BCUT2D eigenvalue weighted by Crippen LogP contribution is -2.38. The molecule has 5 nitrogen and oxygen atoms in total. The number of nitrogens with zero attached hydrogens (tertiary/aromatic N) is 2. The molecular weight excluding hydrogens is 396 g/mol. The van der Waals surface area contributed by atoms with Gasteiger partial charge in [0.1, 0.15) is 5.82 Å². The summed E-state index contributed by atoms with van der Waals surface area (Å²) in [5, 5.41) is 3.74. The van der Waals surface area contributed by atoms with Crippen LogP contribution in [0.2, 0.25) is 0 Å². The van der Waals surface area contributed by atoms with Crippen molar-refractivity contribution in [2.24, 2.45) is 0 Å². The van der Waals surface area contributed by atoms with Gasteiger partial charge in [0.2, 0.25) is 0 Å². The van der Waals surface area contributed by atoms with E-state index in [4.69, 9.17) is 9.97 Å². The summed E-state index contributed by atoms with van der Waals surface area (Å²) < 4.78 is 0. The molecule has 4 N–H and O–H groups in total. The Morgan fingerprint density at radius 2 is 1.63 bits per heavy atom. The Balaban J connectivity index is 0.00000128. The minimum atomic E-state index is 0. The van der Waals surface area contributed by atoms with Crippen LogP contribution < -0.4 is 5.32 Å². The van der Waals surface area contributed by atoms with Gasteiger partial charge in [-0.1, -0.05) is 60.7 Å². The van der Waals surface area contributed by atoms with Crippen molar-refractivity contribution >= 4 is 23.4 Å².